The number of nitrogens with one attached hydrogen (secondary N) is 1. The Hall–Kier alpha value is -2.97. The van der Waals surface area contributed by atoms with Crippen LogP contribution in [0.4, 0.5) is 0 Å². The average molecular weight is 458 g/mol. The van der Waals surface area contributed by atoms with Crippen LogP contribution in [0.5, 0.6) is 5.75 Å². The highest BCUT2D eigenvalue weighted by Crippen LogP contribution is 2.29. The van der Waals surface area contributed by atoms with Crippen molar-refractivity contribution in [2.24, 2.45) is 5.92 Å². The summed E-state index contributed by atoms with van der Waals surface area (Å²) in [5.41, 5.74) is 2.12. The van der Waals surface area contributed by atoms with Crippen molar-refractivity contribution in [2.45, 2.75) is 52.0 Å². The van der Waals surface area contributed by atoms with Gasteiger partial charge in [0, 0.05) is 17.0 Å². The third kappa shape index (κ3) is 4.92. The maximum absolute atomic E-state index is 13.0. The third-order valence-electron chi connectivity index (χ3n) is 5.32. The van der Waals surface area contributed by atoms with Crippen molar-refractivity contribution in [3.05, 3.63) is 69.6 Å². The first-order valence-corrected chi connectivity index (χ1v) is 11.9. The molecule has 1 aromatic heterocycles. The number of rotatable bonds is 7. The van der Waals surface area contributed by atoms with Gasteiger partial charge in [-0.05, 0) is 56.0 Å². The van der Waals surface area contributed by atoms with E-state index in [-0.39, 0.29) is 16.6 Å². The van der Waals surface area contributed by atoms with E-state index in [1.807, 2.05) is 13.8 Å². The van der Waals surface area contributed by atoms with Crippen LogP contribution in [0.15, 0.2) is 56.6 Å². The number of carbonyl (C=O) groups is 1. The highest BCUT2D eigenvalue weighted by Gasteiger charge is 2.30. The van der Waals surface area contributed by atoms with Gasteiger partial charge in [0.1, 0.15) is 17.4 Å². The lowest BCUT2D eigenvalue weighted by Gasteiger charge is -2.21. The Bertz CT molecular complexity index is 1310. The number of ether oxygens (including phenoxy) is 1. The largest absolute Gasteiger partial charge is 0.425 e. The molecular weight excluding hydrogens is 430 g/mol. The standard InChI is InChI=1S/C24H27NO6S/c1-6-17-13-21(26)31-23-16(5)20(12-11-19(17)23)30-24(27)22(14(2)3)25-32(28,29)18-9-7-15(4)8-10-18/h7-14,22,25H,6H2,1-5H3. The van der Waals surface area contributed by atoms with Gasteiger partial charge in [-0.25, -0.2) is 18.0 Å². The second kappa shape index (κ2) is 9.26. The van der Waals surface area contributed by atoms with Gasteiger partial charge in [-0.3, -0.25) is 0 Å². The minimum atomic E-state index is -3.93. The van der Waals surface area contributed by atoms with E-state index in [0.29, 0.717) is 17.6 Å². The van der Waals surface area contributed by atoms with Crippen LogP contribution < -0.4 is 15.1 Å². The van der Waals surface area contributed by atoms with E-state index in [9.17, 15) is 18.0 Å². The molecule has 1 atom stereocenters. The van der Waals surface area contributed by atoms with E-state index >= 15 is 0 Å². The molecule has 0 aliphatic carbocycles. The number of hydrogen-bond acceptors (Lipinski definition) is 6. The van der Waals surface area contributed by atoms with Crippen molar-refractivity contribution in [3.8, 4) is 5.75 Å². The van der Waals surface area contributed by atoms with Gasteiger partial charge in [0.2, 0.25) is 10.0 Å². The molecule has 170 valence electrons. The molecule has 3 aromatic rings. The highest BCUT2D eigenvalue weighted by atomic mass is 32.2. The van der Waals surface area contributed by atoms with E-state index in [0.717, 1.165) is 16.5 Å². The number of carbonyl (C=O) groups excluding carboxylic acids is 1. The molecule has 7 nitrogen and oxygen atoms in total. The summed E-state index contributed by atoms with van der Waals surface area (Å²) in [5, 5.41) is 0.768. The molecule has 0 saturated carbocycles. The predicted octanol–water partition coefficient (Wildman–Crippen LogP) is 3.88. The van der Waals surface area contributed by atoms with E-state index < -0.39 is 27.7 Å². The van der Waals surface area contributed by atoms with Crippen LogP contribution in [0.2, 0.25) is 0 Å². The lowest BCUT2D eigenvalue weighted by Crippen LogP contribution is -2.46. The molecule has 0 aliphatic heterocycles. The Morgan fingerprint density at radius 3 is 2.34 bits per heavy atom. The minimum absolute atomic E-state index is 0.0669. The molecule has 1 heterocycles. The van der Waals surface area contributed by atoms with Gasteiger partial charge in [0.15, 0.2) is 0 Å². The third-order valence-corrected chi connectivity index (χ3v) is 6.78. The lowest BCUT2D eigenvalue weighted by molar-refractivity contribution is -0.137. The van der Waals surface area contributed by atoms with Crippen LogP contribution in [0, 0.1) is 19.8 Å². The minimum Gasteiger partial charge on any atom is -0.425 e. The number of fused-ring (bicyclic) bond motifs is 1. The second-order valence-electron chi connectivity index (χ2n) is 8.09. The molecule has 0 fully saturated rings. The molecule has 3 rings (SSSR count). The topological polar surface area (TPSA) is 103 Å². The van der Waals surface area contributed by atoms with Crippen molar-refractivity contribution < 1.29 is 22.4 Å². The molecule has 0 bridgehead atoms. The zero-order valence-corrected chi connectivity index (χ0v) is 19.6. The summed E-state index contributed by atoms with van der Waals surface area (Å²) >= 11 is 0. The number of sulfonamides is 1. The molecule has 0 amide bonds. The predicted molar refractivity (Wildman–Crippen MR) is 122 cm³/mol. The first kappa shape index (κ1) is 23.7. The average Bonchev–Trinajstić information content (AvgIpc) is 2.73. The zero-order valence-electron chi connectivity index (χ0n) is 18.8. The lowest BCUT2D eigenvalue weighted by atomic mass is 10.0. The first-order chi connectivity index (χ1) is 15.0. The fourth-order valence-corrected chi connectivity index (χ4v) is 4.73. The summed E-state index contributed by atoms with van der Waals surface area (Å²) in [6, 6.07) is 10.0. The van der Waals surface area contributed by atoms with Crippen LogP contribution in [0.25, 0.3) is 11.0 Å². The quantitative estimate of drug-likeness (QED) is 0.328. The maximum atomic E-state index is 13.0. The van der Waals surface area contributed by atoms with Gasteiger partial charge < -0.3 is 9.15 Å². The number of hydrogen-bond donors (Lipinski definition) is 1. The maximum Gasteiger partial charge on any atom is 0.336 e. The molecule has 0 saturated heterocycles. The molecule has 0 aliphatic rings. The molecule has 2 aromatic carbocycles. The Morgan fingerprint density at radius 2 is 1.75 bits per heavy atom. The molecule has 8 heteroatoms. The zero-order chi connectivity index (χ0) is 23.6. The van der Waals surface area contributed by atoms with Crippen LogP contribution in [0.3, 0.4) is 0 Å². The summed E-state index contributed by atoms with van der Waals surface area (Å²) in [6.45, 7) is 8.93. The summed E-state index contributed by atoms with van der Waals surface area (Å²) < 4.78 is 39.0. The van der Waals surface area contributed by atoms with Gasteiger partial charge >= 0.3 is 11.6 Å². The first-order valence-electron chi connectivity index (χ1n) is 10.4. The monoisotopic (exact) mass is 457 g/mol. The van der Waals surface area contributed by atoms with E-state index in [2.05, 4.69) is 4.72 Å². The van der Waals surface area contributed by atoms with Crippen molar-refractivity contribution in [1.29, 1.82) is 0 Å². The van der Waals surface area contributed by atoms with Crippen LogP contribution in [0.1, 0.15) is 37.5 Å². The van der Waals surface area contributed by atoms with Crippen molar-refractivity contribution in [2.75, 3.05) is 0 Å². The summed E-state index contributed by atoms with van der Waals surface area (Å²) in [7, 11) is -3.93. The molecule has 1 unspecified atom stereocenters. The highest BCUT2D eigenvalue weighted by molar-refractivity contribution is 7.89. The van der Waals surface area contributed by atoms with Crippen LogP contribution >= 0.6 is 0 Å². The van der Waals surface area contributed by atoms with Gasteiger partial charge in [0.25, 0.3) is 0 Å². The molecule has 0 spiro atoms. The van der Waals surface area contributed by atoms with E-state index in [1.54, 1.807) is 45.0 Å². The van der Waals surface area contributed by atoms with E-state index in [1.165, 1.54) is 18.2 Å². The fourth-order valence-electron chi connectivity index (χ4n) is 3.39. The van der Waals surface area contributed by atoms with Crippen molar-refractivity contribution >= 4 is 27.0 Å². The number of aryl methyl sites for hydroxylation is 3. The Morgan fingerprint density at radius 1 is 1.09 bits per heavy atom. The van der Waals surface area contributed by atoms with E-state index in [4.69, 9.17) is 9.15 Å². The van der Waals surface area contributed by atoms with Gasteiger partial charge in [0.05, 0.1) is 4.90 Å². The summed E-state index contributed by atoms with van der Waals surface area (Å²) in [5.74, 6) is -0.903. The van der Waals surface area contributed by atoms with Crippen molar-refractivity contribution in [3.63, 3.8) is 0 Å². The Kier molecular flexibility index (Phi) is 6.85. The smallest absolute Gasteiger partial charge is 0.336 e. The molecule has 0 radical (unpaired) electrons. The van der Waals surface area contributed by atoms with Crippen LogP contribution in [-0.4, -0.2) is 20.4 Å². The normalized spacial score (nSPS) is 12.8. The number of benzene rings is 2. The Labute approximate surface area is 187 Å². The van der Waals surface area contributed by atoms with Crippen LogP contribution in [-0.2, 0) is 21.2 Å². The summed E-state index contributed by atoms with van der Waals surface area (Å²) in [4.78, 5) is 24.9. The summed E-state index contributed by atoms with van der Waals surface area (Å²) in [6.07, 6.45) is 0.650. The molecular formula is C24H27NO6S. The fraction of sp³-hybridized carbons (Fsp3) is 0.333. The van der Waals surface area contributed by atoms with Gasteiger partial charge in [-0.2, -0.15) is 4.72 Å². The number of esters is 1. The SMILES string of the molecule is CCc1cc(=O)oc2c(C)c(OC(=O)C(NS(=O)(=O)c3ccc(C)cc3)C(C)C)ccc12. The van der Waals surface area contributed by atoms with Gasteiger partial charge in [-0.15, -0.1) is 0 Å². The second-order valence-corrected chi connectivity index (χ2v) is 9.80. The van der Waals surface area contributed by atoms with Gasteiger partial charge in [-0.1, -0.05) is 38.5 Å². The Balaban J connectivity index is 1.91. The molecule has 1 N–H and O–H groups in total. The van der Waals surface area contributed by atoms with Crippen molar-refractivity contribution in [1.82, 2.24) is 4.72 Å². The molecule has 32 heavy (non-hydrogen) atoms.